The van der Waals surface area contributed by atoms with Crippen molar-refractivity contribution >= 4 is 23.1 Å². The molecule has 0 radical (unpaired) electrons. The second-order valence-electron chi connectivity index (χ2n) is 4.92. The average Bonchev–Trinajstić information content (AvgIpc) is 2.49. The van der Waals surface area contributed by atoms with E-state index in [2.05, 4.69) is 0 Å². The Morgan fingerprint density at radius 2 is 1.81 bits per heavy atom. The molecule has 0 spiro atoms. The number of carbonyl (C=O) groups excluding carboxylic acids is 1. The first-order valence-electron chi connectivity index (χ1n) is 6.68. The molecule has 0 amide bonds. The van der Waals surface area contributed by atoms with Crippen LogP contribution in [0.5, 0.6) is 5.75 Å². The average molecular weight is 300 g/mol. The molecular formula is C17H14ClNO2. The van der Waals surface area contributed by atoms with Gasteiger partial charge in [-0.3, -0.25) is 4.79 Å². The third-order valence-corrected chi connectivity index (χ3v) is 3.92. The minimum atomic E-state index is -0.218. The fourth-order valence-corrected chi connectivity index (χ4v) is 2.82. The molecule has 1 N–H and O–H groups in total. The molecule has 1 atom stereocenters. The van der Waals surface area contributed by atoms with Gasteiger partial charge in [0.1, 0.15) is 5.75 Å². The van der Waals surface area contributed by atoms with Crippen molar-refractivity contribution < 1.29 is 9.90 Å². The number of allylic oxidation sites excluding steroid dienone is 1. The van der Waals surface area contributed by atoms with Gasteiger partial charge in [-0.25, -0.2) is 0 Å². The lowest BCUT2D eigenvalue weighted by atomic mass is 9.96. The Balaban J connectivity index is 2.09. The molecule has 4 heteroatoms. The van der Waals surface area contributed by atoms with Gasteiger partial charge in [-0.15, -0.1) is 0 Å². The standard InChI is InChI=1S/C17H14ClNO2/c18-14-6-2-1-5-13(14)16-11-12(20)9-10-19(16)15-7-3-4-8-17(15)21/h1-10,16,21H,11H2/t16-/m1/s1. The molecule has 0 bridgehead atoms. The van der Waals surface area contributed by atoms with E-state index in [1.807, 2.05) is 41.3 Å². The van der Waals surface area contributed by atoms with Crippen molar-refractivity contribution in [3.05, 3.63) is 71.4 Å². The Labute approximate surface area is 128 Å². The quantitative estimate of drug-likeness (QED) is 0.908. The summed E-state index contributed by atoms with van der Waals surface area (Å²) in [6, 6.07) is 14.3. The van der Waals surface area contributed by atoms with E-state index in [-0.39, 0.29) is 17.6 Å². The topological polar surface area (TPSA) is 40.5 Å². The number of aromatic hydroxyl groups is 1. The maximum Gasteiger partial charge on any atom is 0.159 e. The van der Waals surface area contributed by atoms with Crippen LogP contribution in [-0.2, 0) is 4.79 Å². The number of rotatable bonds is 2. The summed E-state index contributed by atoms with van der Waals surface area (Å²) in [5, 5.41) is 10.7. The molecule has 106 valence electrons. The van der Waals surface area contributed by atoms with Crippen LogP contribution >= 0.6 is 11.6 Å². The van der Waals surface area contributed by atoms with E-state index in [9.17, 15) is 9.90 Å². The lowest BCUT2D eigenvalue weighted by Crippen LogP contribution is -2.29. The maximum atomic E-state index is 11.8. The molecule has 0 aromatic heterocycles. The summed E-state index contributed by atoms with van der Waals surface area (Å²) in [4.78, 5) is 13.7. The van der Waals surface area contributed by atoms with Crippen LogP contribution in [0.2, 0.25) is 5.02 Å². The molecule has 1 aliphatic rings. The second-order valence-corrected chi connectivity index (χ2v) is 5.33. The normalized spacial score (nSPS) is 18.0. The summed E-state index contributed by atoms with van der Waals surface area (Å²) in [5.74, 6) is 0.222. The van der Waals surface area contributed by atoms with Crippen molar-refractivity contribution in [2.75, 3.05) is 4.90 Å². The van der Waals surface area contributed by atoms with E-state index >= 15 is 0 Å². The zero-order valence-electron chi connectivity index (χ0n) is 11.2. The smallest absolute Gasteiger partial charge is 0.159 e. The Morgan fingerprint density at radius 1 is 1.10 bits per heavy atom. The second kappa shape index (κ2) is 5.62. The monoisotopic (exact) mass is 299 g/mol. The number of ketones is 1. The van der Waals surface area contributed by atoms with Crippen LogP contribution in [0.15, 0.2) is 60.8 Å². The summed E-state index contributed by atoms with van der Waals surface area (Å²) >= 11 is 6.27. The Hall–Kier alpha value is -2.26. The fraction of sp³-hybridized carbons (Fsp3) is 0.118. The van der Waals surface area contributed by atoms with Gasteiger partial charge < -0.3 is 10.0 Å². The third-order valence-electron chi connectivity index (χ3n) is 3.58. The number of phenols is 1. The molecule has 2 aromatic carbocycles. The van der Waals surface area contributed by atoms with Crippen molar-refractivity contribution in [1.29, 1.82) is 0 Å². The minimum absolute atomic E-state index is 0.0478. The van der Waals surface area contributed by atoms with E-state index in [4.69, 9.17) is 11.6 Å². The molecule has 21 heavy (non-hydrogen) atoms. The summed E-state index contributed by atoms with van der Waals surface area (Å²) in [5.41, 5.74) is 1.53. The maximum absolute atomic E-state index is 11.8. The predicted molar refractivity (Wildman–Crippen MR) is 83.5 cm³/mol. The molecule has 0 saturated carbocycles. The van der Waals surface area contributed by atoms with Gasteiger partial charge in [-0.1, -0.05) is 41.9 Å². The van der Waals surface area contributed by atoms with Crippen LogP contribution in [0.4, 0.5) is 5.69 Å². The van der Waals surface area contributed by atoms with Gasteiger partial charge in [0.05, 0.1) is 11.7 Å². The van der Waals surface area contributed by atoms with Crippen molar-refractivity contribution in [2.24, 2.45) is 0 Å². The molecule has 1 aliphatic heterocycles. The van der Waals surface area contributed by atoms with Crippen LogP contribution in [0.25, 0.3) is 0 Å². The van der Waals surface area contributed by atoms with E-state index in [1.54, 1.807) is 18.3 Å². The molecule has 3 rings (SSSR count). The summed E-state index contributed by atoms with van der Waals surface area (Å²) in [7, 11) is 0. The number of para-hydroxylation sites is 2. The Kier molecular flexibility index (Phi) is 3.67. The largest absolute Gasteiger partial charge is 0.506 e. The number of hydrogen-bond acceptors (Lipinski definition) is 3. The number of anilines is 1. The predicted octanol–water partition coefficient (Wildman–Crippen LogP) is 4.08. The highest BCUT2D eigenvalue weighted by molar-refractivity contribution is 6.31. The van der Waals surface area contributed by atoms with Gasteiger partial charge in [-0.2, -0.15) is 0 Å². The van der Waals surface area contributed by atoms with Crippen LogP contribution in [0.1, 0.15) is 18.0 Å². The summed E-state index contributed by atoms with van der Waals surface area (Å²) < 4.78 is 0. The van der Waals surface area contributed by atoms with Gasteiger partial charge in [-0.05, 0) is 29.8 Å². The Bertz CT molecular complexity index is 711. The van der Waals surface area contributed by atoms with Crippen molar-refractivity contribution in [1.82, 2.24) is 0 Å². The molecule has 3 nitrogen and oxygen atoms in total. The first-order valence-corrected chi connectivity index (χ1v) is 7.06. The summed E-state index contributed by atoms with van der Waals surface area (Å²) in [6.45, 7) is 0. The van der Waals surface area contributed by atoms with Crippen LogP contribution < -0.4 is 4.90 Å². The molecule has 1 heterocycles. The first kappa shape index (κ1) is 13.7. The van der Waals surface area contributed by atoms with E-state index in [0.717, 1.165) is 5.56 Å². The molecule has 0 fully saturated rings. The zero-order valence-corrected chi connectivity index (χ0v) is 12.0. The SMILES string of the molecule is O=C1C=CN(c2ccccc2O)[C@@H](c2ccccc2Cl)C1. The number of phenolic OH excluding ortho intramolecular Hbond substituents is 1. The van der Waals surface area contributed by atoms with Gasteiger partial charge in [0.15, 0.2) is 5.78 Å². The van der Waals surface area contributed by atoms with E-state index in [1.165, 1.54) is 6.08 Å². The van der Waals surface area contributed by atoms with Crippen molar-refractivity contribution in [3.8, 4) is 5.75 Å². The number of nitrogens with zero attached hydrogens (tertiary/aromatic N) is 1. The highest BCUT2D eigenvalue weighted by Crippen LogP contribution is 2.39. The fourth-order valence-electron chi connectivity index (χ4n) is 2.56. The Morgan fingerprint density at radius 3 is 2.57 bits per heavy atom. The van der Waals surface area contributed by atoms with Gasteiger partial charge in [0, 0.05) is 17.6 Å². The number of benzene rings is 2. The van der Waals surface area contributed by atoms with Crippen LogP contribution in [0.3, 0.4) is 0 Å². The van der Waals surface area contributed by atoms with Gasteiger partial charge >= 0.3 is 0 Å². The first-order chi connectivity index (χ1) is 10.2. The molecule has 0 saturated heterocycles. The lowest BCUT2D eigenvalue weighted by Gasteiger charge is -2.33. The lowest BCUT2D eigenvalue weighted by molar-refractivity contribution is -0.115. The minimum Gasteiger partial charge on any atom is -0.506 e. The van der Waals surface area contributed by atoms with Crippen LogP contribution in [-0.4, -0.2) is 10.9 Å². The highest BCUT2D eigenvalue weighted by atomic mass is 35.5. The van der Waals surface area contributed by atoms with Crippen molar-refractivity contribution in [2.45, 2.75) is 12.5 Å². The molecule has 2 aromatic rings. The van der Waals surface area contributed by atoms with Gasteiger partial charge in [0.2, 0.25) is 0 Å². The number of halogens is 1. The van der Waals surface area contributed by atoms with Crippen molar-refractivity contribution in [3.63, 3.8) is 0 Å². The van der Waals surface area contributed by atoms with E-state index in [0.29, 0.717) is 17.1 Å². The summed E-state index contributed by atoms with van der Waals surface area (Å²) in [6.07, 6.45) is 3.56. The number of hydrogen-bond donors (Lipinski definition) is 1. The number of carbonyl (C=O) groups is 1. The third kappa shape index (κ3) is 2.65. The van der Waals surface area contributed by atoms with Gasteiger partial charge in [0.25, 0.3) is 0 Å². The zero-order chi connectivity index (χ0) is 14.8. The molecular weight excluding hydrogens is 286 g/mol. The van der Waals surface area contributed by atoms with Crippen LogP contribution in [0, 0.1) is 0 Å². The highest BCUT2D eigenvalue weighted by Gasteiger charge is 2.27. The van der Waals surface area contributed by atoms with E-state index < -0.39 is 0 Å². The molecule has 0 unspecified atom stereocenters. The molecule has 0 aliphatic carbocycles.